The molecule has 0 aliphatic heterocycles. The second-order valence-electron chi connectivity index (χ2n) is 11.1. The molecular formula is C36H33N5O4S. The third kappa shape index (κ3) is 5.24. The van der Waals surface area contributed by atoms with Crippen LogP contribution in [0.25, 0.3) is 27.9 Å². The standard InChI is InChI=1S/C36H33N5O4S/c1-3-44-24-17-15-23(16-18-24)41-32(37)30(31-33(41)39-27-13-9-8-12-26(27)38-31)34(42)40-35-29(36(43)45-4-2)25-19-14-22(20-28(25)46-35)21-10-6-5-7-11-21/h5-13,15-18,22H,3-4,14,19-20,37H2,1-2H3,(H,40,42)/t22-/m0/s1. The van der Waals surface area contributed by atoms with E-state index in [-0.39, 0.29) is 18.0 Å². The molecule has 3 N–H and O–H groups in total. The Morgan fingerprint density at radius 1 is 0.935 bits per heavy atom. The number of fused-ring (bicyclic) bond motifs is 3. The molecule has 46 heavy (non-hydrogen) atoms. The predicted molar refractivity (Wildman–Crippen MR) is 181 cm³/mol. The van der Waals surface area contributed by atoms with E-state index in [4.69, 9.17) is 25.2 Å². The zero-order valence-corrected chi connectivity index (χ0v) is 26.4. The number of hydrogen-bond acceptors (Lipinski definition) is 8. The maximum Gasteiger partial charge on any atom is 0.341 e. The van der Waals surface area contributed by atoms with Gasteiger partial charge in [-0.15, -0.1) is 11.3 Å². The van der Waals surface area contributed by atoms with E-state index in [1.165, 1.54) is 16.9 Å². The molecule has 0 unspecified atom stereocenters. The lowest BCUT2D eigenvalue weighted by Crippen LogP contribution is -2.18. The number of thiophene rings is 1. The summed E-state index contributed by atoms with van der Waals surface area (Å²) in [6.45, 7) is 4.48. The summed E-state index contributed by atoms with van der Waals surface area (Å²) in [5.41, 5.74) is 12.5. The number of amides is 1. The van der Waals surface area contributed by atoms with Gasteiger partial charge >= 0.3 is 5.97 Å². The van der Waals surface area contributed by atoms with Gasteiger partial charge in [-0.3, -0.25) is 9.36 Å². The Bertz CT molecular complexity index is 2090. The number of rotatable bonds is 8. The third-order valence-corrected chi connectivity index (χ3v) is 9.54. The number of nitrogens with two attached hydrogens (primary N) is 1. The number of nitrogens with one attached hydrogen (secondary N) is 1. The van der Waals surface area contributed by atoms with Crippen LogP contribution < -0.4 is 15.8 Å². The fourth-order valence-electron chi connectivity index (χ4n) is 6.27. The van der Waals surface area contributed by atoms with Crippen LogP contribution in [0.3, 0.4) is 0 Å². The summed E-state index contributed by atoms with van der Waals surface area (Å²) in [7, 11) is 0. The Morgan fingerprint density at radius 3 is 2.37 bits per heavy atom. The zero-order valence-electron chi connectivity index (χ0n) is 25.6. The van der Waals surface area contributed by atoms with Crippen LogP contribution in [0.5, 0.6) is 5.75 Å². The van der Waals surface area contributed by atoms with Gasteiger partial charge in [-0.25, -0.2) is 14.8 Å². The molecule has 232 valence electrons. The number of nitrogen functional groups attached to an aromatic ring is 1. The van der Waals surface area contributed by atoms with Crippen LogP contribution in [0.4, 0.5) is 10.8 Å². The van der Waals surface area contributed by atoms with Crippen LogP contribution in [0.2, 0.25) is 0 Å². The minimum atomic E-state index is -0.472. The molecule has 7 rings (SSSR count). The Kier molecular flexibility index (Phi) is 7.88. The summed E-state index contributed by atoms with van der Waals surface area (Å²) < 4.78 is 12.8. The molecule has 1 aliphatic carbocycles. The predicted octanol–water partition coefficient (Wildman–Crippen LogP) is 7.32. The second kappa shape index (κ2) is 12.3. The molecule has 1 aliphatic rings. The zero-order chi connectivity index (χ0) is 31.8. The Balaban J connectivity index is 1.32. The minimum Gasteiger partial charge on any atom is -0.494 e. The first-order valence-corrected chi connectivity index (χ1v) is 16.3. The van der Waals surface area contributed by atoms with Crippen molar-refractivity contribution in [1.82, 2.24) is 14.5 Å². The van der Waals surface area contributed by atoms with Crippen LogP contribution in [-0.2, 0) is 17.6 Å². The first-order chi connectivity index (χ1) is 22.5. The number of aromatic nitrogens is 3. The average Bonchev–Trinajstić information content (AvgIpc) is 3.57. The topological polar surface area (TPSA) is 121 Å². The number of carbonyl (C=O) groups is 2. The second-order valence-corrected chi connectivity index (χ2v) is 12.2. The van der Waals surface area contributed by atoms with Crippen molar-refractivity contribution in [3.05, 3.63) is 106 Å². The van der Waals surface area contributed by atoms with Gasteiger partial charge in [0, 0.05) is 10.6 Å². The van der Waals surface area contributed by atoms with Crippen molar-refractivity contribution < 1.29 is 19.1 Å². The Hall–Kier alpha value is -5.22. The molecule has 0 saturated carbocycles. The molecule has 3 aromatic carbocycles. The van der Waals surface area contributed by atoms with Crippen molar-refractivity contribution in [2.75, 3.05) is 24.3 Å². The van der Waals surface area contributed by atoms with Crippen molar-refractivity contribution in [3.8, 4) is 11.4 Å². The molecule has 9 nitrogen and oxygen atoms in total. The van der Waals surface area contributed by atoms with Crippen molar-refractivity contribution in [2.45, 2.75) is 39.0 Å². The largest absolute Gasteiger partial charge is 0.494 e. The smallest absolute Gasteiger partial charge is 0.341 e. The number of esters is 1. The van der Waals surface area contributed by atoms with E-state index in [2.05, 4.69) is 29.6 Å². The normalized spacial score (nSPS) is 14.3. The molecule has 3 aromatic heterocycles. The van der Waals surface area contributed by atoms with Gasteiger partial charge < -0.3 is 20.5 Å². The molecule has 0 saturated heterocycles. The quantitative estimate of drug-likeness (QED) is 0.169. The summed E-state index contributed by atoms with van der Waals surface area (Å²) >= 11 is 1.43. The van der Waals surface area contributed by atoms with E-state index in [1.54, 1.807) is 11.5 Å². The van der Waals surface area contributed by atoms with E-state index in [9.17, 15) is 9.59 Å². The number of anilines is 2. The van der Waals surface area contributed by atoms with Crippen LogP contribution in [0.1, 0.15) is 62.9 Å². The van der Waals surface area contributed by atoms with Gasteiger partial charge in [0.2, 0.25) is 0 Å². The Morgan fingerprint density at radius 2 is 1.65 bits per heavy atom. The van der Waals surface area contributed by atoms with E-state index >= 15 is 0 Å². The van der Waals surface area contributed by atoms with Gasteiger partial charge in [-0.05, 0) is 86.6 Å². The van der Waals surface area contributed by atoms with Gasteiger partial charge in [0.15, 0.2) is 5.65 Å². The maximum atomic E-state index is 14.3. The van der Waals surface area contributed by atoms with E-state index < -0.39 is 11.9 Å². The summed E-state index contributed by atoms with van der Waals surface area (Å²) in [6, 6.07) is 25.3. The lowest BCUT2D eigenvalue weighted by molar-refractivity contribution is 0.0526. The van der Waals surface area contributed by atoms with E-state index in [0.717, 1.165) is 29.0 Å². The number of benzene rings is 3. The Labute approximate surface area is 270 Å². The highest BCUT2D eigenvalue weighted by atomic mass is 32.1. The molecule has 1 amide bonds. The van der Waals surface area contributed by atoms with Gasteiger partial charge in [-0.1, -0.05) is 42.5 Å². The molecule has 0 spiro atoms. The van der Waals surface area contributed by atoms with E-state index in [1.807, 2.05) is 61.5 Å². The lowest BCUT2D eigenvalue weighted by atomic mass is 9.83. The minimum absolute atomic E-state index is 0.186. The van der Waals surface area contributed by atoms with Crippen LogP contribution in [-0.4, -0.2) is 39.6 Å². The monoisotopic (exact) mass is 631 g/mol. The SMILES string of the molecule is CCOC(=O)c1c(NC(=O)c2c(N)n(-c3ccc(OCC)cc3)c3nc4ccccc4nc23)sc2c1CC[C@H](c1ccccc1)C2. The summed E-state index contributed by atoms with van der Waals surface area (Å²) in [4.78, 5) is 38.4. The average molecular weight is 632 g/mol. The molecule has 0 bridgehead atoms. The highest BCUT2D eigenvalue weighted by molar-refractivity contribution is 7.17. The summed E-state index contributed by atoms with van der Waals surface area (Å²) in [6.07, 6.45) is 2.40. The van der Waals surface area contributed by atoms with Crippen LogP contribution in [0, 0.1) is 0 Å². The summed E-state index contributed by atoms with van der Waals surface area (Å²) in [5.74, 6) is 0.329. The fourth-order valence-corrected chi connectivity index (χ4v) is 7.58. The fraction of sp³-hybridized carbons (Fsp3) is 0.222. The highest BCUT2D eigenvalue weighted by Crippen LogP contribution is 2.43. The third-order valence-electron chi connectivity index (χ3n) is 8.37. The molecule has 1 atom stereocenters. The van der Waals surface area contributed by atoms with Gasteiger partial charge in [-0.2, -0.15) is 0 Å². The maximum absolute atomic E-state index is 14.3. The van der Waals surface area contributed by atoms with Crippen molar-refractivity contribution in [1.29, 1.82) is 0 Å². The molecule has 6 aromatic rings. The van der Waals surface area contributed by atoms with Crippen LogP contribution in [0.15, 0.2) is 78.9 Å². The molecule has 0 fully saturated rings. The number of ether oxygens (including phenoxy) is 2. The molecular weight excluding hydrogens is 598 g/mol. The van der Waals surface area contributed by atoms with Crippen molar-refractivity contribution in [2.24, 2.45) is 0 Å². The van der Waals surface area contributed by atoms with Crippen molar-refractivity contribution in [3.63, 3.8) is 0 Å². The number of para-hydroxylation sites is 2. The number of carbonyl (C=O) groups excluding carboxylic acids is 2. The number of nitrogens with zero attached hydrogens (tertiary/aromatic N) is 3. The van der Waals surface area contributed by atoms with Crippen LogP contribution >= 0.6 is 11.3 Å². The molecule has 0 radical (unpaired) electrons. The lowest BCUT2D eigenvalue weighted by Gasteiger charge is -2.23. The summed E-state index contributed by atoms with van der Waals surface area (Å²) in [5, 5.41) is 3.50. The first-order valence-electron chi connectivity index (χ1n) is 15.4. The molecule has 10 heteroatoms. The van der Waals surface area contributed by atoms with E-state index in [0.29, 0.717) is 57.4 Å². The van der Waals surface area contributed by atoms with Crippen molar-refractivity contribution >= 4 is 56.2 Å². The highest BCUT2D eigenvalue weighted by Gasteiger charge is 2.32. The van der Waals surface area contributed by atoms with Gasteiger partial charge in [0.1, 0.15) is 27.6 Å². The van der Waals surface area contributed by atoms with Gasteiger partial charge in [0.05, 0.1) is 29.8 Å². The van der Waals surface area contributed by atoms with Gasteiger partial charge in [0.25, 0.3) is 5.91 Å². The first kappa shape index (κ1) is 29.5. The number of hydrogen-bond donors (Lipinski definition) is 2. The molecule has 3 heterocycles.